The Morgan fingerprint density at radius 1 is 1.00 bits per heavy atom. The molecular formula is C28H31N3O3. The van der Waals surface area contributed by atoms with Crippen LogP contribution in [-0.4, -0.2) is 45.8 Å². The van der Waals surface area contributed by atoms with E-state index in [9.17, 15) is 9.59 Å². The van der Waals surface area contributed by atoms with Crippen LogP contribution in [0.2, 0.25) is 0 Å². The molecule has 1 aliphatic heterocycles. The summed E-state index contributed by atoms with van der Waals surface area (Å²) in [5.74, 6) is -0.653. The average molecular weight is 458 g/mol. The lowest BCUT2D eigenvalue weighted by molar-refractivity contribution is -0.135. The molecule has 0 N–H and O–H groups in total. The molecule has 1 aromatic heterocycles. The van der Waals surface area contributed by atoms with Gasteiger partial charge in [0.15, 0.2) is 6.61 Å². The van der Waals surface area contributed by atoms with E-state index in [-0.39, 0.29) is 29.4 Å². The first-order chi connectivity index (χ1) is 16.2. The molecule has 1 aliphatic carbocycles. The number of carbonyl (C=O) groups excluding carboxylic acids is 2. The van der Waals surface area contributed by atoms with Crippen molar-refractivity contribution in [2.45, 2.75) is 46.1 Å². The van der Waals surface area contributed by atoms with Gasteiger partial charge in [-0.05, 0) is 42.2 Å². The van der Waals surface area contributed by atoms with E-state index in [1.165, 1.54) is 0 Å². The number of carbonyl (C=O) groups is 2. The van der Waals surface area contributed by atoms with Crippen LogP contribution in [0.3, 0.4) is 0 Å². The van der Waals surface area contributed by atoms with Crippen molar-refractivity contribution in [3.05, 3.63) is 72.4 Å². The first-order valence-corrected chi connectivity index (χ1v) is 11.9. The predicted molar refractivity (Wildman–Crippen MR) is 131 cm³/mol. The minimum Gasteiger partial charge on any atom is -0.452 e. The van der Waals surface area contributed by atoms with Crippen LogP contribution in [0.25, 0.3) is 16.9 Å². The van der Waals surface area contributed by atoms with E-state index in [1.807, 2.05) is 65.6 Å². The van der Waals surface area contributed by atoms with Gasteiger partial charge in [-0.2, -0.15) is 5.10 Å². The summed E-state index contributed by atoms with van der Waals surface area (Å²) < 4.78 is 7.24. The Bertz CT molecular complexity index is 1200. The molecule has 2 heterocycles. The van der Waals surface area contributed by atoms with Gasteiger partial charge in [-0.15, -0.1) is 0 Å². The van der Waals surface area contributed by atoms with Gasteiger partial charge >= 0.3 is 5.97 Å². The number of nitrogens with zero attached hydrogens (tertiary/aromatic N) is 3. The number of esters is 1. The first-order valence-electron chi connectivity index (χ1n) is 11.9. The summed E-state index contributed by atoms with van der Waals surface area (Å²) in [5.41, 5.74) is 2.90. The number of aromatic nitrogens is 2. The quantitative estimate of drug-likeness (QED) is 0.499. The molecule has 0 unspecified atom stereocenters. The minimum absolute atomic E-state index is 0.114. The fraction of sp³-hybridized carbons (Fsp3) is 0.393. The summed E-state index contributed by atoms with van der Waals surface area (Å²) in [6, 6.07) is 19.4. The number of rotatable bonds is 5. The fourth-order valence-corrected chi connectivity index (χ4v) is 6.09. The monoisotopic (exact) mass is 457 g/mol. The molecular weight excluding hydrogens is 426 g/mol. The third kappa shape index (κ3) is 4.37. The van der Waals surface area contributed by atoms with Crippen molar-refractivity contribution in [1.82, 2.24) is 14.7 Å². The fourth-order valence-electron chi connectivity index (χ4n) is 6.09. The summed E-state index contributed by atoms with van der Waals surface area (Å²) in [5, 5.41) is 4.67. The van der Waals surface area contributed by atoms with Gasteiger partial charge in [0.05, 0.1) is 5.69 Å². The van der Waals surface area contributed by atoms with Gasteiger partial charge in [-0.1, -0.05) is 69.3 Å². The number of hydrogen-bond acceptors (Lipinski definition) is 4. The number of fused-ring (bicyclic) bond motifs is 2. The Kier molecular flexibility index (Phi) is 5.54. The smallest absolute Gasteiger partial charge is 0.342 e. The zero-order valence-electron chi connectivity index (χ0n) is 20.0. The number of ether oxygens (including phenoxy) is 1. The first kappa shape index (κ1) is 22.4. The van der Waals surface area contributed by atoms with Crippen molar-refractivity contribution in [3.8, 4) is 16.9 Å². The molecule has 0 radical (unpaired) electrons. The largest absolute Gasteiger partial charge is 0.452 e. The van der Waals surface area contributed by atoms with Gasteiger partial charge in [-0.25, -0.2) is 9.48 Å². The zero-order valence-corrected chi connectivity index (χ0v) is 20.0. The Labute approximate surface area is 200 Å². The number of benzene rings is 2. The third-order valence-electron chi connectivity index (χ3n) is 7.06. The highest BCUT2D eigenvalue weighted by atomic mass is 16.5. The number of amides is 1. The molecule has 1 saturated carbocycles. The summed E-state index contributed by atoms with van der Waals surface area (Å²) >= 11 is 0. The number of para-hydroxylation sites is 1. The van der Waals surface area contributed by atoms with E-state index in [1.54, 1.807) is 10.9 Å². The van der Waals surface area contributed by atoms with Gasteiger partial charge in [-0.3, -0.25) is 4.79 Å². The second-order valence-electron chi connectivity index (χ2n) is 10.8. The average Bonchev–Trinajstić information content (AvgIpc) is 3.36. The molecule has 6 heteroatoms. The van der Waals surface area contributed by atoms with E-state index < -0.39 is 5.97 Å². The van der Waals surface area contributed by atoms with Gasteiger partial charge in [0.25, 0.3) is 5.91 Å². The highest BCUT2D eigenvalue weighted by Gasteiger charge is 2.51. The van der Waals surface area contributed by atoms with Crippen LogP contribution in [-0.2, 0) is 9.53 Å². The topological polar surface area (TPSA) is 64.4 Å². The molecule has 2 aliphatic rings. The second-order valence-corrected chi connectivity index (χ2v) is 10.8. The zero-order chi connectivity index (χ0) is 23.9. The molecule has 6 nitrogen and oxygen atoms in total. The van der Waals surface area contributed by atoms with Crippen molar-refractivity contribution in [2.24, 2.45) is 10.8 Å². The van der Waals surface area contributed by atoms with E-state index in [0.717, 1.165) is 37.1 Å². The van der Waals surface area contributed by atoms with Crippen molar-refractivity contribution in [2.75, 3.05) is 13.2 Å². The highest BCUT2D eigenvalue weighted by Crippen LogP contribution is 2.52. The van der Waals surface area contributed by atoms with E-state index in [4.69, 9.17) is 4.74 Å². The molecule has 2 fully saturated rings. The lowest BCUT2D eigenvalue weighted by Gasteiger charge is -2.39. The number of likely N-dealkylation sites (tertiary alicyclic amines) is 1. The maximum absolute atomic E-state index is 13.2. The maximum atomic E-state index is 13.2. The van der Waals surface area contributed by atoms with E-state index in [0.29, 0.717) is 11.3 Å². The molecule has 0 spiro atoms. The van der Waals surface area contributed by atoms with Gasteiger partial charge < -0.3 is 9.64 Å². The SMILES string of the molecule is CC1(C)C[C@@H]2C[C@@](C)(CN2C(=O)COC(=O)c2cn(-c3ccccc3)nc2-c2ccccc2)C1. The second kappa shape index (κ2) is 8.42. The summed E-state index contributed by atoms with van der Waals surface area (Å²) in [7, 11) is 0. The third-order valence-corrected chi connectivity index (χ3v) is 7.06. The van der Waals surface area contributed by atoms with Crippen LogP contribution in [0.5, 0.6) is 0 Å². The highest BCUT2D eigenvalue weighted by molar-refractivity contribution is 5.97. The maximum Gasteiger partial charge on any atom is 0.342 e. The molecule has 34 heavy (non-hydrogen) atoms. The van der Waals surface area contributed by atoms with Gasteiger partial charge in [0, 0.05) is 24.3 Å². The number of hydrogen-bond donors (Lipinski definition) is 0. The Balaban J connectivity index is 1.35. The molecule has 3 aromatic rings. The van der Waals surface area contributed by atoms with Crippen molar-refractivity contribution in [1.29, 1.82) is 0 Å². The van der Waals surface area contributed by atoms with Crippen molar-refractivity contribution < 1.29 is 14.3 Å². The van der Waals surface area contributed by atoms with Crippen LogP contribution in [0.15, 0.2) is 66.9 Å². The van der Waals surface area contributed by atoms with Crippen LogP contribution < -0.4 is 0 Å². The molecule has 2 bridgehead atoms. The molecule has 2 aromatic carbocycles. The standard InChI is InChI=1S/C28H31N3O3/c1-27(2)14-22-15-28(3,18-27)19-30(22)24(32)17-34-26(33)23-16-31(21-12-8-5-9-13-21)29-25(23)20-10-6-4-7-11-20/h4-13,16,22H,14-15,17-19H2,1-3H3/t22-,28-/m1/s1. The summed E-state index contributed by atoms with van der Waals surface area (Å²) in [6.07, 6.45) is 4.80. The van der Waals surface area contributed by atoms with Crippen LogP contribution in [0.1, 0.15) is 50.4 Å². The minimum atomic E-state index is -0.539. The van der Waals surface area contributed by atoms with Crippen molar-refractivity contribution in [3.63, 3.8) is 0 Å². The molecule has 2 atom stereocenters. The van der Waals surface area contributed by atoms with Gasteiger partial charge in [0.2, 0.25) is 0 Å². The van der Waals surface area contributed by atoms with Crippen LogP contribution >= 0.6 is 0 Å². The normalized spacial score (nSPS) is 23.0. The predicted octanol–water partition coefficient (Wildman–Crippen LogP) is 5.12. The van der Waals surface area contributed by atoms with Crippen LogP contribution in [0, 0.1) is 10.8 Å². The molecule has 176 valence electrons. The molecule has 1 saturated heterocycles. The van der Waals surface area contributed by atoms with E-state index in [2.05, 4.69) is 25.9 Å². The Hall–Kier alpha value is -3.41. The molecule has 5 rings (SSSR count). The Morgan fingerprint density at radius 3 is 2.38 bits per heavy atom. The van der Waals surface area contributed by atoms with Gasteiger partial charge in [0.1, 0.15) is 11.3 Å². The van der Waals surface area contributed by atoms with Crippen molar-refractivity contribution >= 4 is 11.9 Å². The summed E-state index contributed by atoms with van der Waals surface area (Å²) in [4.78, 5) is 28.2. The molecule has 1 amide bonds. The summed E-state index contributed by atoms with van der Waals surface area (Å²) in [6.45, 7) is 7.31. The lowest BCUT2D eigenvalue weighted by atomic mass is 9.65. The van der Waals surface area contributed by atoms with E-state index >= 15 is 0 Å². The van der Waals surface area contributed by atoms with Crippen LogP contribution in [0.4, 0.5) is 0 Å². The Morgan fingerprint density at radius 2 is 1.68 bits per heavy atom. The lowest BCUT2D eigenvalue weighted by Crippen LogP contribution is -2.39.